The number of Topliss-reactive ketones (excluding diaryl/α,β-unsaturated/α-hetero) is 1. The van der Waals surface area contributed by atoms with Crippen LogP contribution < -0.4 is 10.0 Å². The number of nitrogens with one attached hydrogen (secondary N) is 2. The van der Waals surface area contributed by atoms with E-state index in [9.17, 15) is 18.0 Å². The molecule has 0 radical (unpaired) electrons. The van der Waals surface area contributed by atoms with Gasteiger partial charge in [-0.05, 0) is 19.2 Å². The van der Waals surface area contributed by atoms with Crippen LogP contribution in [0, 0.1) is 0 Å². The molecule has 1 amide bonds. The van der Waals surface area contributed by atoms with E-state index in [0.717, 1.165) is 0 Å². The molecule has 7 nitrogen and oxygen atoms in total. The van der Waals surface area contributed by atoms with Crippen LogP contribution in [0.2, 0.25) is 0 Å². The van der Waals surface area contributed by atoms with Crippen molar-refractivity contribution in [3.8, 4) is 0 Å². The van der Waals surface area contributed by atoms with Crippen molar-refractivity contribution in [2.75, 3.05) is 19.3 Å². The number of aromatic nitrogens is 1. The summed E-state index contributed by atoms with van der Waals surface area (Å²) in [4.78, 5) is 27.0. The molecule has 0 atom stereocenters. The minimum absolute atomic E-state index is 0.0170. The van der Waals surface area contributed by atoms with E-state index in [1.807, 2.05) is 0 Å². The standard InChI is InChI=1S/C12H17N3O4S/c1-13-20(18,19)8-7-15-12(17)5-4-11(16)10-3-2-6-14-9-10/h2-3,6,9,13H,4-5,7-8H2,1H3,(H,15,17). The highest BCUT2D eigenvalue weighted by molar-refractivity contribution is 7.89. The van der Waals surface area contributed by atoms with Crippen LogP contribution in [0.4, 0.5) is 0 Å². The highest BCUT2D eigenvalue weighted by Crippen LogP contribution is 2.03. The van der Waals surface area contributed by atoms with Gasteiger partial charge >= 0.3 is 0 Å². The molecule has 0 bridgehead atoms. The van der Waals surface area contributed by atoms with Crippen LogP contribution >= 0.6 is 0 Å². The Kier molecular flexibility index (Phi) is 6.26. The van der Waals surface area contributed by atoms with Gasteiger partial charge in [0.2, 0.25) is 15.9 Å². The number of ketones is 1. The second-order valence-electron chi connectivity index (χ2n) is 4.04. The number of pyridine rings is 1. The molecule has 0 aliphatic carbocycles. The van der Waals surface area contributed by atoms with Gasteiger partial charge in [0.1, 0.15) is 0 Å². The molecule has 0 unspecified atom stereocenters. The Balaban J connectivity index is 2.29. The van der Waals surface area contributed by atoms with Crippen LogP contribution in [-0.4, -0.2) is 44.4 Å². The minimum atomic E-state index is -3.33. The van der Waals surface area contributed by atoms with E-state index in [-0.39, 0.29) is 36.8 Å². The molecule has 0 saturated carbocycles. The number of carbonyl (C=O) groups excluding carboxylic acids is 2. The lowest BCUT2D eigenvalue weighted by Crippen LogP contribution is -2.33. The van der Waals surface area contributed by atoms with Gasteiger partial charge in [0.15, 0.2) is 5.78 Å². The molecule has 1 aromatic rings. The van der Waals surface area contributed by atoms with Crippen molar-refractivity contribution in [3.05, 3.63) is 30.1 Å². The molecule has 0 aliphatic heterocycles. The van der Waals surface area contributed by atoms with Gasteiger partial charge in [0.25, 0.3) is 0 Å². The zero-order valence-electron chi connectivity index (χ0n) is 11.1. The minimum Gasteiger partial charge on any atom is -0.355 e. The summed E-state index contributed by atoms with van der Waals surface area (Å²) in [6.07, 6.45) is 3.09. The van der Waals surface area contributed by atoms with E-state index < -0.39 is 10.0 Å². The first kappa shape index (κ1) is 16.3. The second kappa shape index (κ2) is 7.71. The fourth-order valence-corrected chi connectivity index (χ4v) is 1.99. The Morgan fingerprint density at radius 2 is 2.05 bits per heavy atom. The van der Waals surface area contributed by atoms with Crippen molar-refractivity contribution in [1.82, 2.24) is 15.0 Å². The summed E-state index contributed by atoms with van der Waals surface area (Å²) >= 11 is 0. The zero-order chi connectivity index (χ0) is 15.0. The van der Waals surface area contributed by atoms with Crippen molar-refractivity contribution in [2.24, 2.45) is 0 Å². The Bertz CT molecular complexity index is 557. The summed E-state index contributed by atoms with van der Waals surface area (Å²) < 4.78 is 24.4. The van der Waals surface area contributed by atoms with Gasteiger partial charge in [0, 0.05) is 37.3 Å². The predicted octanol–water partition coefficient (Wildman–Crippen LogP) is -0.290. The van der Waals surface area contributed by atoms with E-state index in [4.69, 9.17) is 0 Å². The maximum atomic E-state index is 11.7. The van der Waals surface area contributed by atoms with Crippen molar-refractivity contribution in [1.29, 1.82) is 0 Å². The first-order chi connectivity index (χ1) is 9.44. The maximum Gasteiger partial charge on any atom is 0.220 e. The van der Waals surface area contributed by atoms with Gasteiger partial charge in [-0.2, -0.15) is 0 Å². The topological polar surface area (TPSA) is 105 Å². The Hall–Kier alpha value is -1.80. The summed E-state index contributed by atoms with van der Waals surface area (Å²) in [5.74, 6) is -0.712. The molecule has 1 rings (SSSR count). The van der Waals surface area contributed by atoms with Crippen LogP contribution in [0.3, 0.4) is 0 Å². The third-order valence-electron chi connectivity index (χ3n) is 2.57. The number of hydrogen-bond acceptors (Lipinski definition) is 5. The summed E-state index contributed by atoms with van der Waals surface area (Å²) in [7, 11) is -2.02. The third-order valence-corrected chi connectivity index (χ3v) is 3.93. The molecule has 1 aromatic heterocycles. The van der Waals surface area contributed by atoms with Crippen LogP contribution in [0.15, 0.2) is 24.5 Å². The van der Waals surface area contributed by atoms with E-state index in [0.29, 0.717) is 5.56 Å². The van der Waals surface area contributed by atoms with Crippen molar-refractivity contribution < 1.29 is 18.0 Å². The molecule has 2 N–H and O–H groups in total. The summed E-state index contributed by atoms with van der Waals surface area (Å²) in [6, 6.07) is 3.28. The molecule has 1 heterocycles. The number of carbonyl (C=O) groups is 2. The van der Waals surface area contributed by atoms with E-state index >= 15 is 0 Å². The van der Waals surface area contributed by atoms with Gasteiger partial charge < -0.3 is 5.32 Å². The second-order valence-corrected chi connectivity index (χ2v) is 6.08. The summed E-state index contributed by atoms with van der Waals surface area (Å²) in [6.45, 7) is 0.0170. The van der Waals surface area contributed by atoms with Crippen LogP contribution in [-0.2, 0) is 14.8 Å². The summed E-state index contributed by atoms with van der Waals surface area (Å²) in [5, 5.41) is 2.45. The van der Waals surface area contributed by atoms with E-state index in [1.54, 1.807) is 18.3 Å². The Morgan fingerprint density at radius 3 is 2.65 bits per heavy atom. The highest BCUT2D eigenvalue weighted by Gasteiger charge is 2.11. The largest absolute Gasteiger partial charge is 0.355 e. The van der Waals surface area contributed by atoms with Crippen molar-refractivity contribution in [3.63, 3.8) is 0 Å². The first-order valence-electron chi connectivity index (χ1n) is 6.06. The SMILES string of the molecule is CNS(=O)(=O)CCNC(=O)CCC(=O)c1cccnc1. The lowest BCUT2D eigenvalue weighted by molar-refractivity contribution is -0.120. The molecular formula is C12H17N3O4S. The fourth-order valence-electron chi connectivity index (χ4n) is 1.41. The smallest absolute Gasteiger partial charge is 0.220 e. The predicted molar refractivity (Wildman–Crippen MR) is 73.7 cm³/mol. The third kappa shape index (κ3) is 5.89. The lowest BCUT2D eigenvalue weighted by Gasteiger charge is -2.05. The van der Waals surface area contributed by atoms with E-state index in [1.165, 1.54) is 13.2 Å². The monoisotopic (exact) mass is 299 g/mol. The average Bonchev–Trinajstić information content (AvgIpc) is 2.45. The van der Waals surface area contributed by atoms with Crippen LogP contribution in [0.1, 0.15) is 23.2 Å². The average molecular weight is 299 g/mol. The summed E-state index contributed by atoms with van der Waals surface area (Å²) in [5.41, 5.74) is 0.457. The van der Waals surface area contributed by atoms with E-state index in [2.05, 4.69) is 15.0 Å². The van der Waals surface area contributed by atoms with Crippen molar-refractivity contribution in [2.45, 2.75) is 12.8 Å². The van der Waals surface area contributed by atoms with Crippen molar-refractivity contribution >= 4 is 21.7 Å². The number of hydrogen-bond donors (Lipinski definition) is 2. The molecule has 0 saturated heterocycles. The molecule has 110 valence electrons. The molecule has 8 heteroatoms. The molecule has 0 aromatic carbocycles. The normalized spacial score (nSPS) is 11.1. The molecule has 0 spiro atoms. The number of rotatable bonds is 8. The number of amides is 1. The van der Waals surface area contributed by atoms with Gasteiger partial charge in [0.05, 0.1) is 5.75 Å². The number of nitrogens with zero attached hydrogens (tertiary/aromatic N) is 1. The maximum absolute atomic E-state index is 11.7. The van der Waals surface area contributed by atoms with Crippen LogP contribution in [0.5, 0.6) is 0 Å². The van der Waals surface area contributed by atoms with Gasteiger partial charge in [-0.3, -0.25) is 14.6 Å². The first-order valence-corrected chi connectivity index (χ1v) is 7.71. The quantitative estimate of drug-likeness (QED) is 0.642. The van der Waals surface area contributed by atoms with Crippen LogP contribution in [0.25, 0.3) is 0 Å². The molecule has 20 heavy (non-hydrogen) atoms. The van der Waals surface area contributed by atoms with Gasteiger partial charge in [-0.1, -0.05) is 0 Å². The molecule has 0 aliphatic rings. The zero-order valence-corrected chi connectivity index (χ0v) is 11.9. The number of sulfonamides is 1. The van der Waals surface area contributed by atoms with Gasteiger partial charge in [-0.25, -0.2) is 13.1 Å². The molecule has 0 fully saturated rings. The Morgan fingerprint density at radius 1 is 1.30 bits per heavy atom. The molecular weight excluding hydrogens is 282 g/mol. The highest BCUT2D eigenvalue weighted by atomic mass is 32.2. The fraction of sp³-hybridized carbons (Fsp3) is 0.417. The Labute approximate surface area is 117 Å². The lowest BCUT2D eigenvalue weighted by atomic mass is 10.1. The van der Waals surface area contributed by atoms with Gasteiger partial charge in [-0.15, -0.1) is 0 Å².